The Morgan fingerprint density at radius 2 is 0.607 bits per heavy atom. The summed E-state index contributed by atoms with van der Waals surface area (Å²) in [6.07, 6.45) is 0. The maximum atomic E-state index is 5.29. The van der Waals surface area contributed by atoms with Crippen molar-refractivity contribution < 1.29 is 0 Å². The van der Waals surface area contributed by atoms with Crippen LogP contribution in [0.25, 0.3) is 100 Å². The molecule has 3 aromatic heterocycles. The van der Waals surface area contributed by atoms with Crippen LogP contribution in [0.4, 0.5) is 0 Å². The Balaban J connectivity index is 1.21. The molecule has 0 amide bonds. The van der Waals surface area contributed by atoms with Gasteiger partial charge in [0.2, 0.25) is 0 Å². The predicted octanol–water partition coefficient (Wildman–Crippen LogP) is 12.7. The Morgan fingerprint density at radius 1 is 0.250 bits per heavy atom. The number of aromatic nitrogens is 5. The van der Waals surface area contributed by atoms with Gasteiger partial charge in [0.1, 0.15) is 0 Å². The van der Waals surface area contributed by atoms with E-state index < -0.39 is 0 Å². The molecule has 0 saturated heterocycles. The average molecular weight is 716 g/mol. The van der Waals surface area contributed by atoms with E-state index in [4.69, 9.17) is 15.0 Å². The molecule has 11 rings (SSSR count). The molecule has 0 unspecified atom stereocenters. The van der Waals surface area contributed by atoms with Gasteiger partial charge in [-0.15, -0.1) is 0 Å². The van der Waals surface area contributed by atoms with E-state index in [-0.39, 0.29) is 0 Å². The van der Waals surface area contributed by atoms with E-state index >= 15 is 0 Å². The summed E-state index contributed by atoms with van der Waals surface area (Å²) in [5.74, 6) is 1.84. The van der Waals surface area contributed by atoms with Crippen molar-refractivity contribution >= 4 is 43.6 Å². The molecular weight excluding hydrogens is 683 g/mol. The smallest absolute Gasteiger partial charge is 0.164 e. The Labute approximate surface area is 323 Å². The lowest BCUT2D eigenvalue weighted by molar-refractivity contribution is 1.07. The summed E-state index contributed by atoms with van der Waals surface area (Å²) in [6.45, 7) is 0. The molecule has 0 aliphatic carbocycles. The first kappa shape index (κ1) is 31.9. The molecule has 3 heterocycles. The number of hydrogen-bond donors (Lipinski definition) is 0. The molecule has 0 bridgehead atoms. The third kappa shape index (κ3) is 5.29. The minimum absolute atomic E-state index is 0.601. The van der Waals surface area contributed by atoms with Crippen molar-refractivity contribution in [2.45, 2.75) is 0 Å². The molecule has 8 aromatic carbocycles. The lowest BCUT2D eigenvalue weighted by Crippen LogP contribution is -2.03. The van der Waals surface area contributed by atoms with Crippen LogP contribution in [-0.4, -0.2) is 24.1 Å². The SMILES string of the molecule is c1ccc(-c2cccc(-c3nc(-c4ccccc4)nc(-c4cc(-n5c6ccccc6c6ccccc65)cc(-n5c6ccccc6c6ccccc65)c4)n3)c2)cc1. The minimum Gasteiger partial charge on any atom is -0.309 e. The van der Waals surface area contributed by atoms with Crippen LogP contribution in [0, 0.1) is 0 Å². The molecule has 56 heavy (non-hydrogen) atoms. The van der Waals surface area contributed by atoms with Crippen LogP contribution >= 0.6 is 0 Å². The molecule has 262 valence electrons. The molecule has 0 spiro atoms. The number of nitrogens with zero attached hydrogens (tertiary/aromatic N) is 5. The fourth-order valence-corrected chi connectivity index (χ4v) is 8.20. The largest absolute Gasteiger partial charge is 0.309 e. The third-order valence-corrected chi connectivity index (χ3v) is 10.7. The molecular formula is C51H33N5. The van der Waals surface area contributed by atoms with Crippen LogP contribution in [0.1, 0.15) is 0 Å². The van der Waals surface area contributed by atoms with Gasteiger partial charge in [-0.25, -0.2) is 15.0 Å². The molecule has 0 aliphatic heterocycles. The van der Waals surface area contributed by atoms with Crippen molar-refractivity contribution in [1.82, 2.24) is 24.1 Å². The molecule has 0 saturated carbocycles. The summed E-state index contributed by atoms with van der Waals surface area (Å²) in [5.41, 5.74) is 11.6. The fraction of sp³-hybridized carbons (Fsp3) is 0. The van der Waals surface area contributed by atoms with Gasteiger partial charge in [-0.05, 0) is 59.7 Å². The lowest BCUT2D eigenvalue weighted by Gasteiger charge is -2.16. The highest BCUT2D eigenvalue weighted by atomic mass is 15.0. The molecule has 0 fully saturated rings. The second-order valence-electron chi connectivity index (χ2n) is 14.1. The second kappa shape index (κ2) is 13.0. The van der Waals surface area contributed by atoms with Gasteiger partial charge in [0.15, 0.2) is 17.5 Å². The summed E-state index contributed by atoms with van der Waals surface area (Å²) < 4.78 is 4.74. The van der Waals surface area contributed by atoms with Crippen LogP contribution in [0.15, 0.2) is 200 Å². The molecule has 5 heteroatoms. The Kier molecular flexibility index (Phi) is 7.42. The van der Waals surface area contributed by atoms with Gasteiger partial charge >= 0.3 is 0 Å². The highest BCUT2D eigenvalue weighted by molar-refractivity contribution is 6.10. The minimum atomic E-state index is 0.601. The number of rotatable bonds is 6. The topological polar surface area (TPSA) is 48.5 Å². The second-order valence-corrected chi connectivity index (χ2v) is 14.1. The maximum absolute atomic E-state index is 5.29. The van der Waals surface area contributed by atoms with Crippen molar-refractivity contribution in [3.8, 4) is 56.7 Å². The van der Waals surface area contributed by atoms with Gasteiger partial charge in [0, 0.05) is 49.6 Å². The number of para-hydroxylation sites is 4. The van der Waals surface area contributed by atoms with Crippen LogP contribution in [0.3, 0.4) is 0 Å². The maximum Gasteiger partial charge on any atom is 0.164 e. The zero-order valence-corrected chi connectivity index (χ0v) is 30.3. The predicted molar refractivity (Wildman–Crippen MR) is 230 cm³/mol. The Morgan fingerprint density at radius 3 is 1.09 bits per heavy atom. The van der Waals surface area contributed by atoms with E-state index in [0.717, 1.165) is 61.3 Å². The van der Waals surface area contributed by atoms with E-state index in [9.17, 15) is 0 Å². The number of hydrogen-bond acceptors (Lipinski definition) is 3. The fourth-order valence-electron chi connectivity index (χ4n) is 8.20. The summed E-state index contributed by atoms with van der Waals surface area (Å²) in [7, 11) is 0. The number of fused-ring (bicyclic) bond motifs is 6. The average Bonchev–Trinajstić information content (AvgIpc) is 3.80. The Bertz CT molecular complexity index is 3010. The summed E-state index contributed by atoms with van der Waals surface area (Å²) in [6, 6.07) is 70.4. The van der Waals surface area contributed by atoms with E-state index in [2.05, 4.69) is 185 Å². The van der Waals surface area contributed by atoms with Crippen molar-refractivity contribution in [1.29, 1.82) is 0 Å². The van der Waals surface area contributed by atoms with Crippen LogP contribution in [-0.2, 0) is 0 Å². The molecule has 11 aromatic rings. The van der Waals surface area contributed by atoms with Gasteiger partial charge in [0.05, 0.1) is 22.1 Å². The van der Waals surface area contributed by atoms with Crippen molar-refractivity contribution in [3.05, 3.63) is 200 Å². The van der Waals surface area contributed by atoms with Crippen molar-refractivity contribution in [2.24, 2.45) is 0 Å². The lowest BCUT2D eigenvalue weighted by atomic mass is 10.0. The molecule has 0 aliphatic rings. The quantitative estimate of drug-likeness (QED) is 0.172. The van der Waals surface area contributed by atoms with Crippen LogP contribution in [0.2, 0.25) is 0 Å². The molecule has 0 radical (unpaired) electrons. The molecule has 5 nitrogen and oxygen atoms in total. The zero-order chi connectivity index (χ0) is 37.0. The molecule has 0 N–H and O–H groups in total. The van der Waals surface area contributed by atoms with Gasteiger partial charge < -0.3 is 9.13 Å². The highest BCUT2D eigenvalue weighted by Crippen LogP contribution is 2.38. The normalized spacial score (nSPS) is 11.6. The number of benzene rings is 8. The van der Waals surface area contributed by atoms with E-state index in [0.29, 0.717) is 17.5 Å². The summed E-state index contributed by atoms with van der Waals surface area (Å²) in [5, 5.41) is 4.83. The third-order valence-electron chi connectivity index (χ3n) is 10.7. The van der Waals surface area contributed by atoms with Crippen molar-refractivity contribution in [2.75, 3.05) is 0 Å². The van der Waals surface area contributed by atoms with Crippen molar-refractivity contribution in [3.63, 3.8) is 0 Å². The Hall–Kier alpha value is -7.63. The molecule has 0 atom stereocenters. The van der Waals surface area contributed by atoms with Gasteiger partial charge in [-0.2, -0.15) is 0 Å². The highest BCUT2D eigenvalue weighted by Gasteiger charge is 2.19. The van der Waals surface area contributed by atoms with Gasteiger partial charge in [-0.3, -0.25) is 0 Å². The van der Waals surface area contributed by atoms with Crippen LogP contribution in [0.5, 0.6) is 0 Å². The standard InChI is InChI=1S/C51H33N5/c1-3-16-34(17-4-1)36-20-15-21-37(30-36)50-52-49(35-18-5-2-6-19-35)53-51(54-50)38-31-39(55-45-26-11-7-22-41(45)42-23-8-12-27-46(42)55)33-40(32-38)56-47-28-13-9-24-43(47)44-25-10-14-29-48(44)56/h1-33H. The first-order valence-electron chi connectivity index (χ1n) is 18.9. The zero-order valence-electron chi connectivity index (χ0n) is 30.3. The van der Waals surface area contributed by atoms with E-state index in [1.807, 2.05) is 24.3 Å². The summed E-state index contributed by atoms with van der Waals surface area (Å²) in [4.78, 5) is 15.6. The van der Waals surface area contributed by atoms with E-state index in [1.54, 1.807) is 0 Å². The first-order valence-corrected chi connectivity index (χ1v) is 18.9. The monoisotopic (exact) mass is 715 g/mol. The van der Waals surface area contributed by atoms with Gasteiger partial charge in [-0.1, -0.05) is 152 Å². The summed E-state index contributed by atoms with van der Waals surface area (Å²) >= 11 is 0. The van der Waals surface area contributed by atoms with Gasteiger partial charge in [0.25, 0.3) is 0 Å². The first-order chi connectivity index (χ1) is 27.8. The van der Waals surface area contributed by atoms with E-state index in [1.165, 1.54) is 21.5 Å². The van der Waals surface area contributed by atoms with Crippen LogP contribution < -0.4 is 0 Å².